The molecule has 0 radical (unpaired) electrons. The molecule has 0 atom stereocenters. The van der Waals surface area contributed by atoms with Gasteiger partial charge in [0.25, 0.3) is 5.91 Å². The Bertz CT molecular complexity index is 1240. The average molecular weight is 446 g/mol. The first-order chi connectivity index (χ1) is 15.6. The summed E-state index contributed by atoms with van der Waals surface area (Å²) in [6.45, 7) is 6.62. The summed E-state index contributed by atoms with van der Waals surface area (Å²) in [7, 11) is 0. The number of amides is 1. The monoisotopic (exact) mass is 445 g/mol. The van der Waals surface area contributed by atoms with Crippen LogP contribution in [0.4, 0.5) is 0 Å². The lowest BCUT2D eigenvalue weighted by Crippen LogP contribution is -2.48. The Balaban J connectivity index is 1.39. The van der Waals surface area contributed by atoms with Gasteiger partial charge >= 0.3 is 0 Å². The Labute approximate surface area is 192 Å². The highest BCUT2D eigenvalue weighted by molar-refractivity contribution is 6.30. The summed E-state index contributed by atoms with van der Waals surface area (Å²) in [5, 5.41) is 0.701. The van der Waals surface area contributed by atoms with Gasteiger partial charge in [-0.05, 0) is 30.8 Å². The van der Waals surface area contributed by atoms with Crippen LogP contribution in [0.5, 0.6) is 0 Å². The minimum atomic E-state index is 0.0929. The molecule has 32 heavy (non-hydrogen) atoms. The number of imidazole rings is 1. The number of rotatable bonds is 4. The first-order valence-electron chi connectivity index (χ1n) is 10.8. The molecule has 4 aromatic rings. The number of carbonyl (C=O) groups is 1. The minimum absolute atomic E-state index is 0.0929. The number of hydrogen-bond acceptors (Lipinski definition) is 4. The fraction of sp³-hybridized carbons (Fsp3) is 0.240. The normalized spacial score (nSPS) is 14.8. The van der Waals surface area contributed by atoms with E-state index in [9.17, 15) is 4.79 Å². The number of fused-ring (bicyclic) bond motifs is 1. The second-order valence-electron chi connectivity index (χ2n) is 7.95. The molecule has 7 heteroatoms. The number of carbonyl (C=O) groups excluding carboxylic acids is 1. The van der Waals surface area contributed by atoms with E-state index in [4.69, 9.17) is 11.6 Å². The van der Waals surface area contributed by atoms with Gasteiger partial charge in [-0.2, -0.15) is 0 Å². The second-order valence-corrected chi connectivity index (χ2v) is 8.39. The Hall–Kier alpha value is -3.22. The predicted octanol–water partition coefficient (Wildman–Crippen LogP) is 4.49. The van der Waals surface area contributed by atoms with Crippen LogP contribution < -0.4 is 0 Å². The van der Waals surface area contributed by atoms with Crippen molar-refractivity contribution in [2.45, 2.75) is 6.92 Å². The molecule has 1 saturated heterocycles. The highest BCUT2D eigenvalue weighted by atomic mass is 35.5. The number of halogens is 1. The molecule has 1 amide bonds. The fourth-order valence-corrected chi connectivity index (χ4v) is 4.23. The summed E-state index contributed by atoms with van der Waals surface area (Å²) in [5.74, 6) is 0.0929. The smallest absolute Gasteiger partial charge is 0.253 e. The lowest BCUT2D eigenvalue weighted by molar-refractivity contribution is 0.0643. The van der Waals surface area contributed by atoms with Gasteiger partial charge < -0.3 is 9.80 Å². The quantitative estimate of drug-likeness (QED) is 0.464. The van der Waals surface area contributed by atoms with Crippen molar-refractivity contribution in [3.8, 4) is 22.5 Å². The zero-order chi connectivity index (χ0) is 22.1. The molecule has 0 N–H and O–H groups in total. The molecular formula is C25H24ClN5O. The number of aromatic nitrogens is 3. The van der Waals surface area contributed by atoms with Crippen molar-refractivity contribution in [2.24, 2.45) is 0 Å². The van der Waals surface area contributed by atoms with Gasteiger partial charge in [0, 0.05) is 54.1 Å². The highest BCUT2D eigenvalue weighted by Gasteiger charge is 2.21. The number of piperazine rings is 1. The van der Waals surface area contributed by atoms with Crippen LogP contribution in [0.2, 0.25) is 5.02 Å². The largest absolute Gasteiger partial charge is 0.336 e. The Morgan fingerprint density at radius 1 is 0.906 bits per heavy atom. The fourth-order valence-electron chi connectivity index (χ4n) is 4.11. The van der Waals surface area contributed by atoms with E-state index >= 15 is 0 Å². The molecule has 6 nitrogen and oxygen atoms in total. The Morgan fingerprint density at radius 2 is 1.59 bits per heavy atom. The van der Waals surface area contributed by atoms with E-state index in [1.807, 2.05) is 70.2 Å². The molecule has 5 rings (SSSR count). The van der Waals surface area contributed by atoms with Crippen molar-refractivity contribution in [3.05, 3.63) is 77.7 Å². The van der Waals surface area contributed by atoms with Crippen LogP contribution in [0.1, 0.15) is 17.3 Å². The zero-order valence-corrected chi connectivity index (χ0v) is 18.7. The van der Waals surface area contributed by atoms with E-state index in [0.717, 1.165) is 60.9 Å². The molecule has 0 bridgehead atoms. The third-order valence-electron chi connectivity index (χ3n) is 6.07. The van der Waals surface area contributed by atoms with Gasteiger partial charge in [0.1, 0.15) is 0 Å². The lowest BCUT2D eigenvalue weighted by Gasteiger charge is -2.34. The summed E-state index contributed by atoms with van der Waals surface area (Å²) >= 11 is 6.03. The third kappa shape index (κ3) is 3.99. The zero-order valence-electron chi connectivity index (χ0n) is 17.9. The molecule has 162 valence electrons. The first-order valence-corrected chi connectivity index (χ1v) is 11.2. The van der Waals surface area contributed by atoms with Crippen LogP contribution >= 0.6 is 11.6 Å². The van der Waals surface area contributed by atoms with Gasteiger partial charge in [-0.15, -0.1) is 0 Å². The average Bonchev–Trinajstić information content (AvgIpc) is 3.27. The maximum atomic E-state index is 12.9. The van der Waals surface area contributed by atoms with E-state index in [-0.39, 0.29) is 5.91 Å². The van der Waals surface area contributed by atoms with Crippen LogP contribution in [-0.2, 0) is 0 Å². The van der Waals surface area contributed by atoms with Crippen molar-refractivity contribution in [1.29, 1.82) is 0 Å². The van der Waals surface area contributed by atoms with E-state index in [2.05, 4.69) is 21.8 Å². The van der Waals surface area contributed by atoms with Crippen molar-refractivity contribution in [2.75, 3.05) is 32.7 Å². The minimum Gasteiger partial charge on any atom is -0.336 e. The third-order valence-corrected chi connectivity index (χ3v) is 6.32. The van der Waals surface area contributed by atoms with Crippen molar-refractivity contribution < 1.29 is 4.79 Å². The number of benzene rings is 2. The van der Waals surface area contributed by atoms with Gasteiger partial charge in [0.2, 0.25) is 0 Å². The van der Waals surface area contributed by atoms with Gasteiger partial charge in [0.05, 0.1) is 23.8 Å². The van der Waals surface area contributed by atoms with Crippen molar-refractivity contribution in [3.63, 3.8) is 0 Å². The second kappa shape index (κ2) is 8.73. The van der Waals surface area contributed by atoms with Gasteiger partial charge in [-0.25, -0.2) is 4.98 Å². The van der Waals surface area contributed by atoms with E-state index in [1.54, 1.807) is 6.20 Å². The Kier molecular flexibility index (Phi) is 5.64. The van der Waals surface area contributed by atoms with E-state index < -0.39 is 0 Å². The summed E-state index contributed by atoms with van der Waals surface area (Å²) in [4.78, 5) is 26.2. The topological polar surface area (TPSA) is 53.7 Å². The SMILES string of the molecule is CCN1CCN(C(=O)c2ccc(-c3cn4c(-c5ccc(Cl)cc5)cnc4cn3)cc2)CC1. The maximum Gasteiger partial charge on any atom is 0.253 e. The van der Waals surface area contributed by atoms with Gasteiger partial charge in [-0.1, -0.05) is 42.8 Å². The first kappa shape index (κ1) is 20.7. The molecular weight excluding hydrogens is 422 g/mol. The molecule has 0 spiro atoms. The molecule has 1 aliphatic rings. The molecule has 0 aliphatic carbocycles. The van der Waals surface area contributed by atoms with Gasteiger partial charge in [0.15, 0.2) is 5.65 Å². The maximum absolute atomic E-state index is 12.9. The van der Waals surface area contributed by atoms with Crippen molar-refractivity contribution >= 4 is 23.2 Å². The summed E-state index contributed by atoms with van der Waals surface area (Å²) in [6, 6.07) is 15.4. The molecule has 0 saturated carbocycles. The van der Waals surface area contributed by atoms with Crippen LogP contribution in [-0.4, -0.2) is 62.8 Å². The number of hydrogen-bond donors (Lipinski definition) is 0. The molecule has 2 aromatic carbocycles. The van der Waals surface area contributed by atoms with E-state index in [1.165, 1.54) is 0 Å². The molecule has 3 heterocycles. The van der Waals surface area contributed by atoms with E-state index in [0.29, 0.717) is 10.6 Å². The summed E-state index contributed by atoms with van der Waals surface area (Å²) < 4.78 is 2.03. The molecule has 1 fully saturated rings. The van der Waals surface area contributed by atoms with Crippen LogP contribution in [0.3, 0.4) is 0 Å². The summed E-state index contributed by atoms with van der Waals surface area (Å²) in [5.41, 5.74) is 5.26. The number of nitrogens with zero attached hydrogens (tertiary/aromatic N) is 5. The van der Waals surface area contributed by atoms with Crippen LogP contribution in [0, 0.1) is 0 Å². The Morgan fingerprint density at radius 3 is 2.28 bits per heavy atom. The predicted molar refractivity (Wildman–Crippen MR) is 127 cm³/mol. The molecule has 0 unspecified atom stereocenters. The molecule has 2 aromatic heterocycles. The summed E-state index contributed by atoms with van der Waals surface area (Å²) in [6.07, 6.45) is 5.58. The molecule has 1 aliphatic heterocycles. The van der Waals surface area contributed by atoms with Crippen LogP contribution in [0.25, 0.3) is 28.2 Å². The highest BCUT2D eigenvalue weighted by Crippen LogP contribution is 2.25. The number of likely N-dealkylation sites (N-methyl/N-ethyl adjacent to an activating group) is 1. The standard InChI is InChI=1S/C25H24ClN5O/c1-2-29-11-13-30(14-12-29)25(32)20-5-3-18(4-6-20)22-17-31-23(15-28-24(31)16-27-22)19-7-9-21(26)10-8-19/h3-10,15-17H,2,11-14H2,1H3. The lowest BCUT2D eigenvalue weighted by atomic mass is 10.1. The van der Waals surface area contributed by atoms with Crippen molar-refractivity contribution in [1.82, 2.24) is 24.2 Å². The van der Waals surface area contributed by atoms with Crippen LogP contribution in [0.15, 0.2) is 67.1 Å². The van der Waals surface area contributed by atoms with Gasteiger partial charge in [-0.3, -0.25) is 14.2 Å².